The summed E-state index contributed by atoms with van der Waals surface area (Å²) >= 11 is 0. The molecule has 0 radical (unpaired) electrons. The summed E-state index contributed by atoms with van der Waals surface area (Å²) < 4.78 is 5.54. The van der Waals surface area contributed by atoms with Crippen LogP contribution in [0.25, 0.3) is 0 Å². The summed E-state index contributed by atoms with van der Waals surface area (Å²) in [5.41, 5.74) is -0.412. The van der Waals surface area contributed by atoms with Crippen molar-refractivity contribution in [2.45, 2.75) is 31.7 Å². The van der Waals surface area contributed by atoms with Crippen LogP contribution in [-0.2, 0) is 4.79 Å². The molecule has 0 aliphatic carbocycles. The molecule has 1 amide bonds. The van der Waals surface area contributed by atoms with Crippen LogP contribution in [0.5, 0.6) is 5.75 Å². The lowest BCUT2D eigenvalue weighted by molar-refractivity contribution is -0.128. The van der Waals surface area contributed by atoms with E-state index < -0.39 is 5.54 Å². The van der Waals surface area contributed by atoms with E-state index in [4.69, 9.17) is 4.74 Å². The molecule has 1 unspecified atom stereocenters. The standard InChI is InChI=1S/C15H22N2O2/c1-15(9-5-6-10-17-15)14(18)16-11-12-19-13-7-3-2-4-8-13/h2-4,7-8,17H,5-6,9-12H2,1H3,(H,16,18). The minimum atomic E-state index is -0.412. The summed E-state index contributed by atoms with van der Waals surface area (Å²) in [5.74, 6) is 0.905. The third-order valence-electron chi connectivity index (χ3n) is 3.52. The van der Waals surface area contributed by atoms with E-state index in [1.54, 1.807) is 0 Å². The fourth-order valence-electron chi connectivity index (χ4n) is 2.30. The van der Waals surface area contributed by atoms with Gasteiger partial charge in [-0.1, -0.05) is 18.2 Å². The molecule has 0 aromatic heterocycles. The molecule has 2 rings (SSSR count). The van der Waals surface area contributed by atoms with Crippen molar-refractivity contribution in [3.05, 3.63) is 30.3 Å². The molecule has 0 bridgehead atoms. The molecule has 1 fully saturated rings. The van der Waals surface area contributed by atoms with Crippen molar-refractivity contribution in [3.63, 3.8) is 0 Å². The second kappa shape index (κ2) is 6.57. The Bertz CT molecular complexity index is 400. The molecule has 1 atom stereocenters. The molecule has 1 saturated heterocycles. The number of ether oxygens (including phenoxy) is 1. The first-order valence-corrected chi connectivity index (χ1v) is 6.92. The third kappa shape index (κ3) is 3.96. The zero-order valence-electron chi connectivity index (χ0n) is 11.4. The van der Waals surface area contributed by atoms with Crippen LogP contribution < -0.4 is 15.4 Å². The highest BCUT2D eigenvalue weighted by molar-refractivity contribution is 5.85. The van der Waals surface area contributed by atoms with Crippen molar-refractivity contribution in [2.75, 3.05) is 19.7 Å². The second-order valence-electron chi connectivity index (χ2n) is 5.13. The maximum atomic E-state index is 12.1. The minimum Gasteiger partial charge on any atom is -0.492 e. The zero-order chi connectivity index (χ0) is 13.6. The number of carbonyl (C=O) groups is 1. The van der Waals surface area contributed by atoms with E-state index in [1.165, 1.54) is 0 Å². The van der Waals surface area contributed by atoms with E-state index in [0.717, 1.165) is 31.6 Å². The SMILES string of the molecule is CC1(C(=O)NCCOc2ccccc2)CCCCN1. The van der Waals surface area contributed by atoms with Crippen molar-refractivity contribution in [2.24, 2.45) is 0 Å². The number of rotatable bonds is 5. The van der Waals surface area contributed by atoms with E-state index in [1.807, 2.05) is 37.3 Å². The van der Waals surface area contributed by atoms with Gasteiger partial charge in [0, 0.05) is 0 Å². The van der Waals surface area contributed by atoms with Crippen molar-refractivity contribution >= 4 is 5.91 Å². The van der Waals surface area contributed by atoms with Crippen LogP contribution in [0.2, 0.25) is 0 Å². The molecule has 1 aliphatic rings. The first-order chi connectivity index (χ1) is 9.21. The van der Waals surface area contributed by atoms with Gasteiger partial charge in [0.25, 0.3) is 0 Å². The van der Waals surface area contributed by atoms with Crippen molar-refractivity contribution < 1.29 is 9.53 Å². The second-order valence-corrected chi connectivity index (χ2v) is 5.13. The van der Waals surface area contributed by atoms with Crippen LogP contribution in [0, 0.1) is 0 Å². The van der Waals surface area contributed by atoms with Crippen LogP contribution in [0.3, 0.4) is 0 Å². The van der Waals surface area contributed by atoms with Crippen LogP contribution in [-0.4, -0.2) is 31.1 Å². The number of nitrogens with one attached hydrogen (secondary N) is 2. The molecule has 0 saturated carbocycles. The van der Waals surface area contributed by atoms with Gasteiger partial charge >= 0.3 is 0 Å². The molecule has 4 heteroatoms. The number of amides is 1. The quantitative estimate of drug-likeness (QED) is 0.794. The Morgan fingerprint density at radius 3 is 2.84 bits per heavy atom. The van der Waals surface area contributed by atoms with Crippen molar-refractivity contribution in [1.29, 1.82) is 0 Å². The molecule has 1 aromatic carbocycles. The average molecular weight is 262 g/mol. The Kier molecular flexibility index (Phi) is 4.80. The lowest BCUT2D eigenvalue weighted by Gasteiger charge is -2.33. The van der Waals surface area contributed by atoms with Gasteiger partial charge in [-0.2, -0.15) is 0 Å². The van der Waals surface area contributed by atoms with Crippen LogP contribution >= 0.6 is 0 Å². The van der Waals surface area contributed by atoms with Gasteiger partial charge in [-0.3, -0.25) is 4.79 Å². The Hall–Kier alpha value is -1.55. The van der Waals surface area contributed by atoms with E-state index in [0.29, 0.717) is 13.2 Å². The molecule has 2 N–H and O–H groups in total. The molecule has 4 nitrogen and oxygen atoms in total. The summed E-state index contributed by atoms with van der Waals surface area (Å²) in [6, 6.07) is 9.63. The summed E-state index contributed by atoms with van der Waals surface area (Å²) in [4.78, 5) is 12.1. The summed E-state index contributed by atoms with van der Waals surface area (Å²) in [6.45, 7) is 3.92. The number of benzene rings is 1. The minimum absolute atomic E-state index is 0.0730. The number of para-hydroxylation sites is 1. The fraction of sp³-hybridized carbons (Fsp3) is 0.533. The molecule has 19 heavy (non-hydrogen) atoms. The normalized spacial score (nSPS) is 22.8. The number of hydrogen-bond acceptors (Lipinski definition) is 3. The van der Waals surface area contributed by atoms with E-state index in [2.05, 4.69) is 10.6 Å². The Morgan fingerprint density at radius 1 is 1.37 bits per heavy atom. The molecule has 0 spiro atoms. The zero-order valence-corrected chi connectivity index (χ0v) is 11.4. The van der Waals surface area contributed by atoms with Gasteiger partial charge < -0.3 is 15.4 Å². The smallest absolute Gasteiger partial charge is 0.240 e. The van der Waals surface area contributed by atoms with Crippen LogP contribution in [0.15, 0.2) is 30.3 Å². The van der Waals surface area contributed by atoms with Crippen molar-refractivity contribution in [3.8, 4) is 5.75 Å². The van der Waals surface area contributed by atoms with Gasteiger partial charge in [-0.25, -0.2) is 0 Å². The van der Waals surface area contributed by atoms with E-state index >= 15 is 0 Å². The fourth-order valence-corrected chi connectivity index (χ4v) is 2.30. The topological polar surface area (TPSA) is 50.4 Å². The molecule has 1 aromatic rings. The molecule has 1 heterocycles. The Balaban J connectivity index is 1.69. The first kappa shape index (κ1) is 13.9. The van der Waals surface area contributed by atoms with Crippen LogP contribution in [0.4, 0.5) is 0 Å². The van der Waals surface area contributed by atoms with Gasteiger partial charge in [0.05, 0.1) is 12.1 Å². The largest absolute Gasteiger partial charge is 0.492 e. The van der Waals surface area contributed by atoms with Gasteiger partial charge in [0.15, 0.2) is 0 Å². The summed E-state index contributed by atoms with van der Waals surface area (Å²) in [7, 11) is 0. The van der Waals surface area contributed by atoms with E-state index in [-0.39, 0.29) is 5.91 Å². The Labute approximate surface area is 114 Å². The van der Waals surface area contributed by atoms with E-state index in [9.17, 15) is 4.79 Å². The lowest BCUT2D eigenvalue weighted by atomic mass is 9.90. The Morgan fingerprint density at radius 2 is 2.16 bits per heavy atom. The summed E-state index contributed by atoms with van der Waals surface area (Å²) in [6.07, 6.45) is 3.16. The highest BCUT2D eigenvalue weighted by atomic mass is 16.5. The van der Waals surface area contributed by atoms with Gasteiger partial charge in [0.1, 0.15) is 12.4 Å². The highest BCUT2D eigenvalue weighted by Gasteiger charge is 2.33. The predicted molar refractivity (Wildman–Crippen MR) is 75.2 cm³/mol. The average Bonchev–Trinajstić information content (AvgIpc) is 2.45. The van der Waals surface area contributed by atoms with Gasteiger partial charge in [0.2, 0.25) is 5.91 Å². The molecular formula is C15H22N2O2. The molecule has 104 valence electrons. The van der Waals surface area contributed by atoms with Crippen molar-refractivity contribution in [1.82, 2.24) is 10.6 Å². The first-order valence-electron chi connectivity index (χ1n) is 6.92. The number of carbonyl (C=O) groups excluding carboxylic acids is 1. The van der Waals surface area contributed by atoms with Crippen LogP contribution in [0.1, 0.15) is 26.2 Å². The maximum Gasteiger partial charge on any atom is 0.240 e. The number of hydrogen-bond donors (Lipinski definition) is 2. The maximum absolute atomic E-state index is 12.1. The third-order valence-corrected chi connectivity index (χ3v) is 3.52. The lowest BCUT2D eigenvalue weighted by Crippen LogP contribution is -2.57. The summed E-state index contributed by atoms with van der Waals surface area (Å²) in [5, 5.41) is 6.24. The highest BCUT2D eigenvalue weighted by Crippen LogP contribution is 2.18. The molecule has 1 aliphatic heterocycles. The molecular weight excluding hydrogens is 240 g/mol. The number of piperidine rings is 1. The van der Waals surface area contributed by atoms with Gasteiger partial charge in [-0.05, 0) is 44.9 Å². The predicted octanol–water partition coefficient (Wildman–Crippen LogP) is 1.71. The van der Waals surface area contributed by atoms with Gasteiger partial charge in [-0.15, -0.1) is 0 Å². The monoisotopic (exact) mass is 262 g/mol.